The van der Waals surface area contributed by atoms with Gasteiger partial charge in [-0.2, -0.15) is 18.4 Å². The SMILES string of the molecule is CCC1(CC2NC(C(=O)O)C(c3cccc(Cl)c3F)C2(C#N)c2ccc(Cl)cc2F)COC1.O=C(O)C(F)(F)F. The van der Waals surface area contributed by atoms with E-state index in [2.05, 4.69) is 11.4 Å². The average molecular weight is 609 g/mol. The maximum absolute atomic E-state index is 15.4. The van der Waals surface area contributed by atoms with Crippen molar-refractivity contribution in [3.8, 4) is 6.07 Å². The predicted molar refractivity (Wildman–Crippen MR) is 133 cm³/mol. The molecule has 2 aliphatic rings. The summed E-state index contributed by atoms with van der Waals surface area (Å²) < 4.78 is 67.8. The van der Waals surface area contributed by atoms with Crippen molar-refractivity contribution >= 4 is 35.1 Å². The molecule has 4 unspecified atom stereocenters. The van der Waals surface area contributed by atoms with Crippen molar-refractivity contribution in [2.45, 2.75) is 49.4 Å². The van der Waals surface area contributed by atoms with Gasteiger partial charge in [0.15, 0.2) is 0 Å². The summed E-state index contributed by atoms with van der Waals surface area (Å²) in [5.74, 6) is -6.87. The summed E-state index contributed by atoms with van der Waals surface area (Å²) in [7, 11) is 0. The molecule has 0 saturated carbocycles. The van der Waals surface area contributed by atoms with E-state index in [-0.39, 0.29) is 26.6 Å². The first kappa shape index (κ1) is 31.5. The fourth-order valence-electron chi connectivity index (χ4n) is 5.22. The van der Waals surface area contributed by atoms with Crippen molar-refractivity contribution in [3.63, 3.8) is 0 Å². The summed E-state index contributed by atoms with van der Waals surface area (Å²) in [6, 6.07) is 8.19. The Balaban J connectivity index is 0.000000559. The van der Waals surface area contributed by atoms with Crippen LogP contribution >= 0.6 is 23.2 Å². The molecule has 2 aromatic rings. The zero-order valence-corrected chi connectivity index (χ0v) is 22.2. The molecule has 0 aliphatic carbocycles. The zero-order valence-electron chi connectivity index (χ0n) is 20.7. The molecule has 2 heterocycles. The zero-order chi connectivity index (χ0) is 30.0. The van der Waals surface area contributed by atoms with Crippen molar-refractivity contribution in [2.75, 3.05) is 13.2 Å². The van der Waals surface area contributed by atoms with Crippen molar-refractivity contribution in [2.24, 2.45) is 5.41 Å². The number of nitriles is 1. The normalized spacial score (nSPS) is 25.2. The topological polar surface area (TPSA) is 120 Å². The van der Waals surface area contributed by atoms with Crippen LogP contribution in [0.3, 0.4) is 0 Å². The molecule has 2 aromatic carbocycles. The summed E-state index contributed by atoms with van der Waals surface area (Å²) in [5.41, 5.74) is -2.14. The Labute approximate surface area is 235 Å². The number of ether oxygens (including phenoxy) is 1. The van der Waals surface area contributed by atoms with Gasteiger partial charge in [-0.25, -0.2) is 13.6 Å². The van der Waals surface area contributed by atoms with E-state index in [4.69, 9.17) is 37.8 Å². The van der Waals surface area contributed by atoms with Gasteiger partial charge >= 0.3 is 18.1 Å². The van der Waals surface area contributed by atoms with Crippen LogP contribution in [-0.4, -0.2) is 53.6 Å². The number of nitrogens with one attached hydrogen (secondary N) is 1. The van der Waals surface area contributed by atoms with Crippen LogP contribution in [0.4, 0.5) is 22.0 Å². The Bertz CT molecular complexity index is 1330. The fourth-order valence-corrected chi connectivity index (χ4v) is 5.56. The third-order valence-corrected chi connectivity index (χ3v) is 7.87. The average Bonchev–Trinajstić information content (AvgIpc) is 3.17. The molecule has 216 valence electrons. The Morgan fingerprint density at radius 2 is 1.80 bits per heavy atom. The molecule has 40 heavy (non-hydrogen) atoms. The van der Waals surface area contributed by atoms with E-state index in [0.717, 1.165) is 12.5 Å². The number of halogens is 7. The first-order valence-corrected chi connectivity index (χ1v) is 12.6. The minimum absolute atomic E-state index is 0.0356. The molecule has 0 bridgehead atoms. The van der Waals surface area contributed by atoms with Crippen LogP contribution in [0.1, 0.15) is 36.8 Å². The predicted octanol–water partition coefficient (Wildman–Crippen LogP) is 5.69. The van der Waals surface area contributed by atoms with Crippen molar-refractivity contribution < 1.29 is 46.5 Å². The molecular formula is C26H23Cl2F5N2O5. The second-order valence-electron chi connectivity index (χ2n) is 9.61. The number of nitrogens with zero attached hydrogens (tertiary/aromatic N) is 1. The van der Waals surface area contributed by atoms with Crippen LogP contribution in [0.15, 0.2) is 36.4 Å². The Morgan fingerprint density at radius 1 is 1.18 bits per heavy atom. The Morgan fingerprint density at radius 3 is 2.25 bits per heavy atom. The van der Waals surface area contributed by atoms with Crippen LogP contribution in [-0.2, 0) is 19.7 Å². The number of hydrogen-bond acceptors (Lipinski definition) is 5. The van der Waals surface area contributed by atoms with Gasteiger partial charge in [-0.15, -0.1) is 0 Å². The van der Waals surface area contributed by atoms with Crippen LogP contribution in [0.2, 0.25) is 10.0 Å². The standard InChI is InChI=1S/C24H22Cl2F2N2O3.C2HF3O2/c1-2-23(11-33-12-23)9-18-24(10-29,15-7-6-13(25)8-17(15)27)19(21(30-18)22(31)32)14-4-3-5-16(26)20(14)28;3-2(4,5)1(6)7/h3-8,18-19,21,30H,2,9,11-12H2,1H3,(H,31,32);(H,6,7). The van der Waals surface area contributed by atoms with Crippen LogP contribution in [0.5, 0.6) is 0 Å². The van der Waals surface area contributed by atoms with Gasteiger partial charge in [-0.05, 0) is 36.6 Å². The van der Waals surface area contributed by atoms with Gasteiger partial charge in [-0.3, -0.25) is 10.1 Å². The maximum atomic E-state index is 15.4. The first-order valence-electron chi connectivity index (χ1n) is 11.8. The minimum atomic E-state index is -5.08. The quantitative estimate of drug-likeness (QED) is 0.360. The molecule has 2 saturated heterocycles. The van der Waals surface area contributed by atoms with Gasteiger partial charge in [0, 0.05) is 28.0 Å². The molecule has 14 heteroatoms. The van der Waals surface area contributed by atoms with Crippen LogP contribution in [0, 0.1) is 28.4 Å². The van der Waals surface area contributed by atoms with Crippen molar-refractivity contribution in [3.05, 3.63) is 69.2 Å². The molecule has 0 radical (unpaired) electrons. The number of carbonyl (C=O) groups is 2. The van der Waals surface area contributed by atoms with Crippen molar-refractivity contribution in [1.29, 1.82) is 5.26 Å². The molecule has 2 fully saturated rings. The number of benzene rings is 2. The molecule has 7 nitrogen and oxygen atoms in total. The molecule has 2 aliphatic heterocycles. The largest absolute Gasteiger partial charge is 0.490 e. The number of carboxylic acids is 2. The maximum Gasteiger partial charge on any atom is 0.490 e. The second-order valence-corrected chi connectivity index (χ2v) is 10.5. The summed E-state index contributed by atoms with van der Waals surface area (Å²) in [6.45, 7) is 2.87. The second kappa shape index (κ2) is 11.9. The van der Waals surface area contributed by atoms with Gasteiger partial charge < -0.3 is 14.9 Å². The van der Waals surface area contributed by atoms with Gasteiger partial charge in [0.1, 0.15) is 23.1 Å². The summed E-state index contributed by atoms with van der Waals surface area (Å²) in [5, 5.41) is 30.8. The smallest absolute Gasteiger partial charge is 0.480 e. The van der Waals surface area contributed by atoms with E-state index >= 15 is 8.78 Å². The summed E-state index contributed by atoms with van der Waals surface area (Å²) in [6.07, 6.45) is -4.01. The number of hydrogen-bond donors (Lipinski definition) is 3. The lowest BCUT2D eigenvalue weighted by atomic mass is 9.61. The fraction of sp³-hybridized carbons (Fsp3) is 0.423. The highest BCUT2D eigenvalue weighted by Crippen LogP contribution is 2.54. The highest BCUT2D eigenvalue weighted by molar-refractivity contribution is 6.31. The highest BCUT2D eigenvalue weighted by atomic mass is 35.5. The van der Waals surface area contributed by atoms with E-state index in [1.807, 2.05) is 6.92 Å². The lowest BCUT2D eigenvalue weighted by molar-refractivity contribution is -0.192. The van der Waals surface area contributed by atoms with Gasteiger partial charge in [0.2, 0.25) is 0 Å². The molecular weight excluding hydrogens is 586 g/mol. The van der Waals surface area contributed by atoms with Gasteiger partial charge in [0.25, 0.3) is 0 Å². The van der Waals surface area contributed by atoms with E-state index < -0.39 is 53.2 Å². The van der Waals surface area contributed by atoms with E-state index in [0.29, 0.717) is 19.6 Å². The molecule has 3 N–H and O–H groups in total. The van der Waals surface area contributed by atoms with Gasteiger partial charge in [0.05, 0.1) is 24.3 Å². The van der Waals surface area contributed by atoms with E-state index in [1.165, 1.54) is 30.3 Å². The first-order chi connectivity index (χ1) is 18.6. The van der Waals surface area contributed by atoms with Crippen molar-refractivity contribution in [1.82, 2.24) is 5.32 Å². The third kappa shape index (κ3) is 5.88. The number of aliphatic carboxylic acids is 2. The van der Waals surface area contributed by atoms with Crippen LogP contribution < -0.4 is 5.32 Å². The monoisotopic (exact) mass is 608 g/mol. The van der Waals surface area contributed by atoms with E-state index in [1.54, 1.807) is 0 Å². The summed E-state index contributed by atoms with van der Waals surface area (Å²) in [4.78, 5) is 21.2. The molecule has 0 aromatic heterocycles. The Hall–Kier alpha value is -2.98. The number of rotatable bonds is 6. The molecule has 4 atom stereocenters. The lowest BCUT2D eigenvalue weighted by Gasteiger charge is -2.45. The lowest BCUT2D eigenvalue weighted by Crippen LogP contribution is -2.51. The number of carboxylic acid groups (broad SMARTS) is 2. The van der Waals surface area contributed by atoms with E-state index in [9.17, 15) is 28.3 Å². The third-order valence-electron chi connectivity index (χ3n) is 7.34. The molecule has 4 rings (SSSR count). The minimum Gasteiger partial charge on any atom is -0.480 e. The molecule has 0 spiro atoms. The highest BCUT2D eigenvalue weighted by Gasteiger charge is 2.62. The summed E-state index contributed by atoms with van der Waals surface area (Å²) >= 11 is 12.0. The van der Waals surface area contributed by atoms with Gasteiger partial charge in [-0.1, -0.05) is 48.3 Å². The Kier molecular flexibility index (Phi) is 9.36. The molecule has 0 amide bonds. The van der Waals surface area contributed by atoms with Crippen LogP contribution in [0.25, 0.3) is 0 Å². The number of alkyl halides is 3.